The van der Waals surface area contributed by atoms with Crippen LogP contribution in [0.15, 0.2) is 42.5 Å². The van der Waals surface area contributed by atoms with Crippen molar-refractivity contribution in [3.8, 4) is 11.4 Å². The maximum Gasteiger partial charge on any atom is 0.138 e. The Labute approximate surface area is 110 Å². The normalized spacial score (nSPS) is 10.2. The molecule has 0 fully saturated rings. The summed E-state index contributed by atoms with van der Waals surface area (Å²) in [4.78, 5) is 7.70. The zero-order valence-electron chi connectivity index (χ0n) is 9.44. The molecule has 0 aliphatic rings. The molecule has 2 aromatic carbocycles. The van der Waals surface area contributed by atoms with Crippen LogP contribution in [0.5, 0.6) is 0 Å². The molecule has 0 aliphatic carbocycles. The Bertz CT molecular complexity index is 673. The Morgan fingerprint density at radius 2 is 1.78 bits per heavy atom. The van der Waals surface area contributed by atoms with Crippen LogP contribution in [0.3, 0.4) is 0 Å². The van der Waals surface area contributed by atoms with Crippen molar-refractivity contribution in [2.45, 2.75) is 0 Å². The Morgan fingerprint density at radius 1 is 1.06 bits per heavy atom. The van der Waals surface area contributed by atoms with E-state index < -0.39 is 0 Å². The molecular weight excluding hydrogens is 248 g/mol. The number of halogens is 1. The Morgan fingerprint density at radius 3 is 2.50 bits per heavy atom. The van der Waals surface area contributed by atoms with Gasteiger partial charge in [0, 0.05) is 11.3 Å². The monoisotopic (exact) mass is 258 g/mol. The molecule has 0 bridgehead atoms. The molecule has 0 saturated heterocycles. The number of H-pyrrole nitrogens is 1. The van der Waals surface area contributed by atoms with Gasteiger partial charge in [-0.05, 0) is 18.2 Å². The van der Waals surface area contributed by atoms with Gasteiger partial charge >= 0.3 is 0 Å². The topological polar surface area (TPSA) is 78.1 Å². The highest BCUT2D eigenvalue weighted by Gasteiger charge is 2.04. The minimum Gasteiger partial charge on any atom is -1.00 e. The van der Waals surface area contributed by atoms with Crippen LogP contribution in [-0.4, -0.2) is 0 Å². The summed E-state index contributed by atoms with van der Waals surface area (Å²) in [5, 5.41) is 0. The molecule has 1 heterocycles. The molecule has 0 amide bonds. The van der Waals surface area contributed by atoms with E-state index in [2.05, 4.69) is 9.97 Å². The van der Waals surface area contributed by atoms with Crippen molar-refractivity contribution in [1.82, 2.24) is 4.98 Å². The number of aromatic amines is 1. The fraction of sp³-hybridized carbons (Fsp3) is 0. The molecular formula is C13H11ClN4-2. The summed E-state index contributed by atoms with van der Waals surface area (Å²) in [6.07, 6.45) is 0. The predicted octanol–water partition coefficient (Wildman–Crippen LogP) is -0.452. The van der Waals surface area contributed by atoms with Crippen molar-refractivity contribution < 1.29 is 17.4 Å². The van der Waals surface area contributed by atoms with Crippen molar-refractivity contribution in [2.75, 3.05) is 5.73 Å². The fourth-order valence-electron chi connectivity index (χ4n) is 1.79. The molecule has 5 heteroatoms. The number of hydrogen-bond donors (Lipinski definition) is 1. The summed E-state index contributed by atoms with van der Waals surface area (Å²) in [6, 6.07) is 12.8. The van der Waals surface area contributed by atoms with Gasteiger partial charge in [0.15, 0.2) is 0 Å². The third-order valence-electron chi connectivity index (χ3n) is 2.66. The number of nitrogens with two attached hydrogens (primary N) is 1. The molecule has 1 aromatic heterocycles. The van der Waals surface area contributed by atoms with E-state index in [4.69, 9.17) is 11.5 Å². The zero-order chi connectivity index (χ0) is 11.8. The summed E-state index contributed by atoms with van der Waals surface area (Å²) >= 11 is 0. The van der Waals surface area contributed by atoms with E-state index in [1.54, 1.807) is 12.1 Å². The van der Waals surface area contributed by atoms with Gasteiger partial charge in [-0.1, -0.05) is 24.3 Å². The molecule has 3 rings (SSSR count). The van der Waals surface area contributed by atoms with E-state index in [0.29, 0.717) is 11.4 Å². The average Bonchev–Trinajstić information content (AvgIpc) is 2.72. The third-order valence-corrected chi connectivity index (χ3v) is 2.66. The Hall–Kier alpha value is -2.20. The standard InChI is InChI=1S/C13H10N4.ClH/c14-9-3-1-8(2-4-9)13-16-11-6-5-10(15)7-12(11)17-13;/h1-7,14H,15H2;1H/q-2;. The van der Waals surface area contributed by atoms with Crippen LogP contribution < -0.4 is 28.1 Å². The number of rotatable bonds is 1. The van der Waals surface area contributed by atoms with Crippen LogP contribution in [0.2, 0.25) is 0 Å². The first kappa shape index (κ1) is 12.3. The second-order valence-electron chi connectivity index (χ2n) is 3.94. The van der Waals surface area contributed by atoms with Gasteiger partial charge in [-0.25, -0.2) is 4.98 Å². The molecule has 0 atom stereocenters. The minimum absolute atomic E-state index is 0. The number of nitrogen functional groups attached to an aromatic ring is 1. The SMILES string of the molecule is [Cl-].[NH-]c1ccc(-c2[n-]c3ccc(N)cc3[nH+]2)cc1. The minimum atomic E-state index is 0. The first-order valence-electron chi connectivity index (χ1n) is 5.30. The van der Waals surface area contributed by atoms with Crippen LogP contribution in [-0.2, 0) is 0 Å². The largest absolute Gasteiger partial charge is 1.00 e. The van der Waals surface area contributed by atoms with E-state index in [0.717, 1.165) is 22.4 Å². The van der Waals surface area contributed by atoms with E-state index in [1.165, 1.54) is 0 Å². The zero-order valence-corrected chi connectivity index (χ0v) is 10.2. The van der Waals surface area contributed by atoms with E-state index >= 15 is 0 Å². The van der Waals surface area contributed by atoms with Gasteiger partial charge < -0.3 is 28.9 Å². The van der Waals surface area contributed by atoms with Gasteiger partial charge in [-0.2, -0.15) is 0 Å². The molecule has 0 unspecified atom stereocenters. The lowest BCUT2D eigenvalue weighted by Gasteiger charge is -2.02. The smallest absolute Gasteiger partial charge is 0.138 e. The van der Waals surface area contributed by atoms with Crippen molar-refractivity contribution >= 4 is 22.4 Å². The molecule has 4 nitrogen and oxygen atoms in total. The number of nitrogens with one attached hydrogen (secondary N) is 2. The average molecular weight is 259 g/mol. The molecule has 4 N–H and O–H groups in total. The van der Waals surface area contributed by atoms with Crippen molar-refractivity contribution in [2.24, 2.45) is 0 Å². The van der Waals surface area contributed by atoms with Gasteiger partial charge in [0.2, 0.25) is 0 Å². The lowest BCUT2D eigenvalue weighted by Crippen LogP contribution is -3.00. The lowest BCUT2D eigenvalue weighted by atomic mass is 10.2. The molecule has 3 aromatic rings. The van der Waals surface area contributed by atoms with Crippen molar-refractivity contribution in [3.05, 3.63) is 48.2 Å². The second kappa shape index (κ2) is 4.58. The van der Waals surface area contributed by atoms with Crippen LogP contribution in [0, 0.1) is 0 Å². The molecule has 18 heavy (non-hydrogen) atoms. The summed E-state index contributed by atoms with van der Waals surface area (Å²) in [5.41, 5.74) is 17.2. The molecule has 0 aliphatic heterocycles. The number of aromatic nitrogens is 2. The van der Waals surface area contributed by atoms with Crippen LogP contribution in [0.25, 0.3) is 28.2 Å². The van der Waals surface area contributed by atoms with Gasteiger partial charge in [-0.3, -0.25) is 0 Å². The third kappa shape index (κ3) is 2.10. The maximum absolute atomic E-state index is 7.44. The number of imidazole rings is 1. The summed E-state index contributed by atoms with van der Waals surface area (Å²) in [7, 11) is 0. The van der Waals surface area contributed by atoms with E-state index in [-0.39, 0.29) is 12.4 Å². The fourth-order valence-corrected chi connectivity index (χ4v) is 1.79. The highest BCUT2D eigenvalue weighted by Crippen LogP contribution is 2.20. The van der Waals surface area contributed by atoms with Gasteiger partial charge in [0.25, 0.3) is 0 Å². The highest BCUT2D eigenvalue weighted by atomic mass is 35.5. The van der Waals surface area contributed by atoms with Crippen LogP contribution >= 0.6 is 0 Å². The van der Waals surface area contributed by atoms with Crippen molar-refractivity contribution in [1.29, 1.82) is 0 Å². The number of anilines is 1. The van der Waals surface area contributed by atoms with E-state index in [1.807, 2.05) is 30.3 Å². The quantitative estimate of drug-likeness (QED) is 0.600. The Kier molecular flexibility index (Phi) is 3.12. The first-order valence-corrected chi connectivity index (χ1v) is 5.30. The predicted molar refractivity (Wildman–Crippen MR) is 67.7 cm³/mol. The molecule has 0 saturated carbocycles. The second-order valence-corrected chi connectivity index (χ2v) is 3.94. The van der Waals surface area contributed by atoms with Crippen LogP contribution in [0.1, 0.15) is 0 Å². The van der Waals surface area contributed by atoms with Crippen molar-refractivity contribution in [3.63, 3.8) is 0 Å². The van der Waals surface area contributed by atoms with E-state index in [9.17, 15) is 0 Å². The maximum atomic E-state index is 7.44. The number of nitrogens with zero attached hydrogens (tertiary/aromatic N) is 1. The summed E-state index contributed by atoms with van der Waals surface area (Å²) in [5.74, 6) is 0.797. The van der Waals surface area contributed by atoms with Gasteiger partial charge in [-0.15, -0.1) is 5.69 Å². The number of fused-ring (bicyclic) bond motifs is 1. The Balaban J connectivity index is 0.00000120. The molecule has 92 valence electrons. The lowest BCUT2D eigenvalue weighted by molar-refractivity contribution is -0.330. The van der Waals surface area contributed by atoms with Gasteiger partial charge in [0.1, 0.15) is 5.82 Å². The van der Waals surface area contributed by atoms with Crippen LogP contribution in [0.4, 0.5) is 11.4 Å². The summed E-state index contributed by atoms with van der Waals surface area (Å²) < 4.78 is 0. The number of benzene rings is 2. The highest BCUT2D eigenvalue weighted by molar-refractivity contribution is 5.77. The summed E-state index contributed by atoms with van der Waals surface area (Å²) in [6.45, 7) is 0. The molecule has 0 radical (unpaired) electrons. The van der Waals surface area contributed by atoms with Gasteiger partial charge in [0.05, 0.1) is 11.0 Å². The number of hydrogen-bond acceptors (Lipinski definition) is 1. The molecule has 0 spiro atoms. The first-order chi connectivity index (χ1) is 8.22.